The standard InChI is InChI=1S/C26H46N7O16P3S/c1-4-5-6-10-53-11-9-28-17(34)7-8-29-24(37)21(36)26(2,3)13-46-52(43,44)49-51(41,42)45-12-16-20(48-50(38,39)40)19(35)25(47-16)33-15-32-18-22(27)30-14-31-23(18)33/h14-16,19-21,25,35-36H,4-13H2,1-3H3,(H,28,34)(H,29,37)(H,41,42)(H,43,44)(H2,27,30,31)(H2,38,39,40)/t16-,19-,20-,21+,25-/m1/s1. The van der Waals surface area contributed by atoms with E-state index in [9.17, 15) is 53.1 Å². The topological polar surface area (TPSA) is 347 Å². The normalized spacial score (nSPS) is 22.3. The molecule has 3 heterocycles. The molecule has 0 bridgehead atoms. The molecule has 0 saturated carbocycles. The molecule has 1 fully saturated rings. The molecule has 2 amide bonds. The van der Waals surface area contributed by atoms with E-state index in [0.29, 0.717) is 6.54 Å². The molecule has 23 nitrogen and oxygen atoms in total. The second-order valence-electron chi connectivity index (χ2n) is 12.4. The predicted octanol–water partition coefficient (Wildman–Crippen LogP) is 0.328. The van der Waals surface area contributed by atoms with Crippen molar-refractivity contribution in [1.29, 1.82) is 0 Å². The highest BCUT2D eigenvalue weighted by Crippen LogP contribution is 2.61. The number of carbonyl (C=O) groups excluding carboxylic acids is 2. The summed E-state index contributed by atoms with van der Waals surface area (Å²) in [6.07, 6.45) is -3.30. The Balaban J connectivity index is 1.51. The molecule has 2 unspecified atom stereocenters. The Morgan fingerprint density at radius 3 is 2.43 bits per heavy atom. The van der Waals surface area contributed by atoms with Gasteiger partial charge in [-0.05, 0) is 12.2 Å². The number of imidazole rings is 1. The van der Waals surface area contributed by atoms with Crippen LogP contribution in [0, 0.1) is 5.41 Å². The summed E-state index contributed by atoms with van der Waals surface area (Å²) >= 11 is 1.73. The van der Waals surface area contributed by atoms with E-state index in [1.54, 1.807) is 11.8 Å². The van der Waals surface area contributed by atoms with Crippen molar-refractivity contribution in [2.24, 2.45) is 5.41 Å². The van der Waals surface area contributed by atoms with Crippen LogP contribution in [0.1, 0.15) is 52.7 Å². The van der Waals surface area contributed by atoms with Crippen LogP contribution in [0.25, 0.3) is 11.2 Å². The number of carbonyl (C=O) groups is 2. The van der Waals surface area contributed by atoms with E-state index in [-0.39, 0.29) is 35.9 Å². The first-order valence-corrected chi connectivity index (χ1v) is 21.8. The number of rotatable bonds is 23. The third-order valence-electron chi connectivity index (χ3n) is 7.54. The van der Waals surface area contributed by atoms with Crippen LogP contribution in [0.3, 0.4) is 0 Å². The zero-order valence-corrected chi connectivity index (χ0v) is 32.5. The number of anilines is 1. The lowest BCUT2D eigenvalue weighted by Gasteiger charge is -2.30. The lowest BCUT2D eigenvalue weighted by molar-refractivity contribution is -0.137. The van der Waals surface area contributed by atoms with Crippen LogP contribution in [0.5, 0.6) is 0 Å². The third-order valence-corrected chi connectivity index (χ3v) is 11.7. The fourth-order valence-corrected chi connectivity index (χ4v) is 8.45. The Labute approximate surface area is 308 Å². The zero-order valence-electron chi connectivity index (χ0n) is 29.0. The van der Waals surface area contributed by atoms with Gasteiger partial charge in [-0.3, -0.25) is 27.7 Å². The lowest BCUT2D eigenvalue weighted by Crippen LogP contribution is -2.46. The van der Waals surface area contributed by atoms with Crippen molar-refractivity contribution >= 4 is 64.0 Å². The van der Waals surface area contributed by atoms with Crippen LogP contribution in [-0.2, 0) is 45.9 Å². The van der Waals surface area contributed by atoms with Crippen LogP contribution in [0.15, 0.2) is 12.7 Å². The molecule has 7 atom stereocenters. The van der Waals surface area contributed by atoms with Gasteiger partial charge in [-0.1, -0.05) is 33.6 Å². The molecule has 0 aliphatic carbocycles. The SMILES string of the molecule is CCCCCSCCNC(=O)CCNC(=O)[C@H](O)C(C)(C)COP(=O)(O)OP(=O)(O)OC[C@H]1O[C@@H](n2cnc3c(N)ncnc32)[C@H](O)[C@@H]1OP(=O)(O)O. The number of ether oxygens (including phenoxy) is 1. The van der Waals surface area contributed by atoms with Gasteiger partial charge in [-0.15, -0.1) is 0 Å². The maximum Gasteiger partial charge on any atom is 0.481 e. The summed E-state index contributed by atoms with van der Waals surface area (Å²) < 4.78 is 62.1. The van der Waals surface area contributed by atoms with Gasteiger partial charge in [0.05, 0.1) is 19.5 Å². The molecule has 2 aromatic heterocycles. The number of nitrogens with one attached hydrogen (secondary N) is 2. The summed E-state index contributed by atoms with van der Waals surface area (Å²) in [4.78, 5) is 75.4. The number of hydrogen-bond donors (Lipinski definition) is 9. The van der Waals surface area contributed by atoms with E-state index in [2.05, 4.69) is 41.3 Å². The minimum absolute atomic E-state index is 0.0335. The van der Waals surface area contributed by atoms with Gasteiger partial charge in [0.1, 0.15) is 36.3 Å². The zero-order chi connectivity index (χ0) is 39.6. The Hall–Kier alpha value is -2.11. The third kappa shape index (κ3) is 14.2. The number of aromatic nitrogens is 4. The van der Waals surface area contributed by atoms with Crippen molar-refractivity contribution < 1.29 is 75.7 Å². The average Bonchev–Trinajstić information content (AvgIpc) is 3.62. The van der Waals surface area contributed by atoms with Crippen LogP contribution < -0.4 is 16.4 Å². The van der Waals surface area contributed by atoms with Gasteiger partial charge in [-0.25, -0.2) is 28.6 Å². The number of phosphoric acid groups is 3. The number of amides is 2. The minimum Gasteiger partial charge on any atom is -0.386 e. The first-order chi connectivity index (χ1) is 24.7. The maximum absolute atomic E-state index is 12.7. The van der Waals surface area contributed by atoms with Crippen molar-refractivity contribution in [2.45, 2.75) is 77.1 Å². The van der Waals surface area contributed by atoms with Crippen molar-refractivity contribution in [3.63, 3.8) is 0 Å². The summed E-state index contributed by atoms with van der Waals surface area (Å²) in [6, 6.07) is 0. The largest absolute Gasteiger partial charge is 0.481 e. The van der Waals surface area contributed by atoms with Crippen molar-refractivity contribution in [1.82, 2.24) is 30.2 Å². The number of nitrogens with zero attached hydrogens (tertiary/aromatic N) is 4. The molecule has 302 valence electrons. The first kappa shape index (κ1) is 45.3. The Morgan fingerprint density at radius 1 is 1.06 bits per heavy atom. The molecule has 1 aliphatic rings. The van der Waals surface area contributed by atoms with Gasteiger partial charge in [0.2, 0.25) is 11.8 Å². The van der Waals surface area contributed by atoms with Gasteiger partial charge in [0.15, 0.2) is 17.7 Å². The highest BCUT2D eigenvalue weighted by atomic mass is 32.2. The van der Waals surface area contributed by atoms with Crippen molar-refractivity contribution in [3.05, 3.63) is 12.7 Å². The number of aliphatic hydroxyl groups is 2. The number of phosphoric ester groups is 3. The summed E-state index contributed by atoms with van der Waals surface area (Å²) in [5.74, 6) is 0.486. The van der Waals surface area contributed by atoms with Gasteiger partial charge in [0, 0.05) is 30.7 Å². The van der Waals surface area contributed by atoms with Crippen LogP contribution in [0.2, 0.25) is 0 Å². The van der Waals surface area contributed by atoms with Crippen LogP contribution in [0.4, 0.5) is 5.82 Å². The number of nitrogens with two attached hydrogens (primary N) is 1. The molecule has 2 aromatic rings. The molecule has 27 heteroatoms. The Bertz CT molecular complexity index is 1680. The number of unbranched alkanes of at least 4 members (excludes halogenated alkanes) is 2. The van der Waals surface area contributed by atoms with Crippen LogP contribution >= 0.6 is 35.2 Å². The molecule has 3 rings (SSSR count). The fourth-order valence-electron chi connectivity index (χ4n) is 4.76. The molecule has 10 N–H and O–H groups in total. The smallest absolute Gasteiger partial charge is 0.386 e. The Kier molecular flexibility index (Phi) is 16.8. The fraction of sp³-hybridized carbons (Fsp3) is 0.731. The molecule has 53 heavy (non-hydrogen) atoms. The molecule has 0 radical (unpaired) electrons. The van der Waals surface area contributed by atoms with E-state index < -0.39 is 78.6 Å². The van der Waals surface area contributed by atoms with Gasteiger partial charge < -0.3 is 50.9 Å². The number of hydrogen-bond acceptors (Lipinski definition) is 17. The van der Waals surface area contributed by atoms with E-state index >= 15 is 0 Å². The maximum atomic E-state index is 12.7. The van der Waals surface area contributed by atoms with Gasteiger partial charge in [-0.2, -0.15) is 16.1 Å². The molecular formula is C26H46N7O16P3S. The summed E-state index contributed by atoms with van der Waals surface area (Å²) in [5.41, 5.74) is 4.32. The number of thioether (sulfide) groups is 1. The Morgan fingerprint density at radius 2 is 1.75 bits per heavy atom. The molecular weight excluding hydrogens is 791 g/mol. The number of aliphatic hydroxyl groups excluding tert-OH is 2. The second-order valence-corrected chi connectivity index (χ2v) is 17.8. The van der Waals surface area contributed by atoms with Crippen molar-refractivity contribution in [2.75, 3.05) is 43.5 Å². The summed E-state index contributed by atoms with van der Waals surface area (Å²) in [7, 11) is -16.3. The van der Waals surface area contributed by atoms with Gasteiger partial charge >= 0.3 is 23.5 Å². The number of nitrogen functional groups attached to an aromatic ring is 1. The summed E-state index contributed by atoms with van der Waals surface area (Å²) in [5, 5.41) is 26.5. The van der Waals surface area contributed by atoms with E-state index in [1.807, 2.05) is 0 Å². The summed E-state index contributed by atoms with van der Waals surface area (Å²) in [6.45, 7) is 3.06. The van der Waals surface area contributed by atoms with Crippen molar-refractivity contribution in [3.8, 4) is 0 Å². The van der Waals surface area contributed by atoms with Crippen LogP contribution in [-0.4, -0.2) is 123 Å². The molecule has 1 saturated heterocycles. The van der Waals surface area contributed by atoms with Gasteiger partial charge in [0.25, 0.3) is 0 Å². The first-order valence-electron chi connectivity index (χ1n) is 16.1. The highest BCUT2D eigenvalue weighted by Gasteiger charge is 2.50. The minimum atomic E-state index is -5.54. The highest BCUT2D eigenvalue weighted by molar-refractivity contribution is 7.99. The van der Waals surface area contributed by atoms with E-state index in [1.165, 1.54) is 13.8 Å². The van der Waals surface area contributed by atoms with E-state index in [4.69, 9.17) is 19.5 Å². The average molecular weight is 838 g/mol. The number of fused-ring (bicyclic) bond motifs is 1. The monoisotopic (exact) mass is 837 g/mol. The molecule has 0 spiro atoms. The molecule has 0 aromatic carbocycles. The lowest BCUT2D eigenvalue weighted by atomic mass is 9.87. The second kappa shape index (κ2) is 19.7. The predicted molar refractivity (Wildman–Crippen MR) is 186 cm³/mol. The quantitative estimate of drug-likeness (QED) is 0.0538. The molecule has 1 aliphatic heterocycles. The van der Waals surface area contributed by atoms with E-state index in [0.717, 1.165) is 48.0 Å².